The van der Waals surface area contributed by atoms with Crippen LogP contribution in [0.3, 0.4) is 0 Å². The Hall–Kier alpha value is -2.57. The minimum atomic E-state index is -0.117. The second-order valence-electron chi connectivity index (χ2n) is 8.88. The number of rotatable bonds is 4. The number of carbonyl (C=O) groups is 1. The molecule has 2 amide bonds. The van der Waals surface area contributed by atoms with E-state index in [1.807, 2.05) is 11.3 Å². The van der Waals surface area contributed by atoms with E-state index in [-0.39, 0.29) is 12.1 Å². The van der Waals surface area contributed by atoms with Crippen LogP contribution < -0.4 is 5.32 Å². The predicted molar refractivity (Wildman–Crippen MR) is 131 cm³/mol. The van der Waals surface area contributed by atoms with Gasteiger partial charge in [0, 0.05) is 36.3 Å². The van der Waals surface area contributed by atoms with Gasteiger partial charge in [0.2, 0.25) is 0 Å². The van der Waals surface area contributed by atoms with E-state index in [0.29, 0.717) is 13.1 Å². The molecule has 3 aromatic rings. The number of urea groups is 1. The van der Waals surface area contributed by atoms with Gasteiger partial charge >= 0.3 is 6.03 Å². The average Bonchev–Trinajstić information content (AvgIpc) is 3.39. The number of hydrogen-bond acceptors (Lipinski definition) is 3. The fourth-order valence-corrected chi connectivity index (χ4v) is 6.38. The van der Waals surface area contributed by atoms with Crippen LogP contribution in [0.5, 0.6) is 0 Å². The summed E-state index contributed by atoms with van der Waals surface area (Å²) in [6, 6.07) is 12.8. The molecule has 1 aromatic carbocycles. The molecule has 1 atom stereocenters. The van der Waals surface area contributed by atoms with E-state index in [0.717, 1.165) is 43.7 Å². The van der Waals surface area contributed by atoms with E-state index in [2.05, 4.69) is 83.0 Å². The van der Waals surface area contributed by atoms with E-state index in [9.17, 15) is 4.79 Å². The van der Waals surface area contributed by atoms with Crippen LogP contribution in [-0.2, 0) is 19.5 Å². The first-order valence-electron chi connectivity index (χ1n) is 11.7. The third-order valence-corrected chi connectivity index (χ3v) is 8.03. The van der Waals surface area contributed by atoms with E-state index in [4.69, 9.17) is 0 Å². The third kappa shape index (κ3) is 3.65. The summed E-state index contributed by atoms with van der Waals surface area (Å²) in [4.78, 5) is 19.5. The summed E-state index contributed by atoms with van der Waals surface area (Å²) in [6.45, 7) is 11.0. The topological polar surface area (TPSA) is 40.5 Å². The first kappa shape index (κ1) is 21.3. The molecule has 0 fully saturated rings. The Bertz CT molecular complexity index is 1110. The molecule has 2 aliphatic rings. The molecule has 6 heteroatoms. The molecule has 0 saturated carbocycles. The highest BCUT2D eigenvalue weighted by atomic mass is 32.1. The van der Waals surface area contributed by atoms with Crippen molar-refractivity contribution in [1.29, 1.82) is 0 Å². The smallest absolute Gasteiger partial charge is 0.318 e. The summed E-state index contributed by atoms with van der Waals surface area (Å²) in [5.41, 5.74) is 6.34. The fourth-order valence-electron chi connectivity index (χ4n) is 4.98. The van der Waals surface area contributed by atoms with Gasteiger partial charge in [-0.15, -0.1) is 11.3 Å². The van der Waals surface area contributed by atoms with Crippen LogP contribution in [0.1, 0.15) is 59.1 Å². The van der Waals surface area contributed by atoms with Crippen LogP contribution in [0.15, 0.2) is 42.6 Å². The third-order valence-electron chi connectivity index (χ3n) is 6.77. The molecule has 2 aliphatic heterocycles. The Labute approximate surface area is 194 Å². The molecule has 1 N–H and O–H groups in total. The lowest BCUT2D eigenvalue weighted by molar-refractivity contribution is 0.180. The van der Waals surface area contributed by atoms with Crippen molar-refractivity contribution in [2.45, 2.75) is 52.7 Å². The molecule has 0 bridgehead atoms. The fraction of sp³-hybridized carbons (Fsp3) is 0.423. The molecule has 168 valence electrons. The second-order valence-corrected chi connectivity index (χ2v) is 9.97. The number of fused-ring (bicyclic) bond motifs is 5. The maximum absolute atomic E-state index is 13.5. The van der Waals surface area contributed by atoms with Crippen molar-refractivity contribution in [2.75, 3.05) is 19.6 Å². The SMILES string of the molecule is CCCNC(=O)N1Cc2c(sc3c2CCN(CC)C3)-n2cccc2[C@H]1c1ccc(C)cc1. The highest BCUT2D eigenvalue weighted by Crippen LogP contribution is 2.43. The lowest BCUT2D eigenvalue weighted by Gasteiger charge is -2.32. The van der Waals surface area contributed by atoms with E-state index in [1.165, 1.54) is 26.6 Å². The summed E-state index contributed by atoms with van der Waals surface area (Å²) < 4.78 is 2.34. The number of nitrogens with zero attached hydrogens (tertiary/aromatic N) is 3. The number of likely N-dealkylation sites (N-methyl/N-ethyl adjacent to an activating group) is 1. The molecule has 0 saturated heterocycles. The minimum absolute atomic E-state index is 0.0176. The lowest BCUT2D eigenvalue weighted by Crippen LogP contribution is -2.42. The van der Waals surface area contributed by atoms with Crippen molar-refractivity contribution in [3.05, 3.63) is 75.4 Å². The van der Waals surface area contributed by atoms with Crippen molar-refractivity contribution in [3.8, 4) is 5.00 Å². The molecule has 0 radical (unpaired) electrons. The minimum Gasteiger partial charge on any atom is -0.338 e. The standard InChI is InChI=1S/C26H32N4OS/c1-4-13-27-26(31)30-16-21-20-12-15-28(5-2)17-23(20)32-25(21)29-14-6-7-22(29)24(30)19-10-8-18(3)9-11-19/h6-11,14,24H,4-5,12-13,15-17H2,1-3H3,(H,27,31)/t24-/m1/s1. The lowest BCUT2D eigenvalue weighted by atomic mass is 9.99. The average molecular weight is 449 g/mol. The van der Waals surface area contributed by atoms with Gasteiger partial charge in [-0.1, -0.05) is 43.7 Å². The molecule has 5 rings (SSSR count). The zero-order chi connectivity index (χ0) is 22.2. The van der Waals surface area contributed by atoms with E-state index < -0.39 is 0 Å². The molecule has 32 heavy (non-hydrogen) atoms. The van der Waals surface area contributed by atoms with Crippen molar-refractivity contribution >= 4 is 17.4 Å². The number of aromatic nitrogens is 1. The normalized spacial score (nSPS) is 18.0. The number of hydrogen-bond donors (Lipinski definition) is 1. The summed E-state index contributed by atoms with van der Waals surface area (Å²) >= 11 is 1.91. The van der Waals surface area contributed by atoms with Crippen molar-refractivity contribution < 1.29 is 4.79 Å². The van der Waals surface area contributed by atoms with Crippen LogP contribution >= 0.6 is 11.3 Å². The zero-order valence-electron chi connectivity index (χ0n) is 19.2. The van der Waals surface area contributed by atoms with Gasteiger partial charge in [0.15, 0.2) is 0 Å². The van der Waals surface area contributed by atoms with Gasteiger partial charge in [-0.2, -0.15) is 0 Å². The summed E-state index contributed by atoms with van der Waals surface area (Å²) in [5, 5.41) is 4.44. The van der Waals surface area contributed by atoms with Gasteiger partial charge in [-0.3, -0.25) is 4.90 Å². The highest BCUT2D eigenvalue weighted by Gasteiger charge is 2.36. The maximum atomic E-state index is 13.5. The van der Waals surface area contributed by atoms with Crippen molar-refractivity contribution in [2.24, 2.45) is 0 Å². The van der Waals surface area contributed by atoms with E-state index in [1.54, 1.807) is 0 Å². The Balaban J connectivity index is 1.65. The summed E-state index contributed by atoms with van der Waals surface area (Å²) in [7, 11) is 0. The van der Waals surface area contributed by atoms with Gasteiger partial charge in [-0.25, -0.2) is 4.79 Å². The molecule has 2 aromatic heterocycles. The number of nitrogens with one attached hydrogen (secondary N) is 1. The quantitative estimate of drug-likeness (QED) is 0.592. The first-order valence-corrected chi connectivity index (χ1v) is 12.6. The molecule has 0 aliphatic carbocycles. The Morgan fingerprint density at radius 2 is 1.94 bits per heavy atom. The zero-order valence-corrected chi connectivity index (χ0v) is 20.0. The Morgan fingerprint density at radius 1 is 1.12 bits per heavy atom. The number of carbonyl (C=O) groups excluding carboxylic acids is 1. The molecule has 0 spiro atoms. The second kappa shape index (κ2) is 8.75. The van der Waals surface area contributed by atoms with Crippen LogP contribution in [0.2, 0.25) is 0 Å². The molecule has 5 nitrogen and oxygen atoms in total. The van der Waals surface area contributed by atoms with Crippen molar-refractivity contribution in [3.63, 3.8) is 0 Å². The van der Waals surface area contributed by atoms with Gasteiger partial charge in [-0.05, 0) is 49.6 Å². The van der Waals surface area contributed by atoms with Crippen molar-refractivity contribution in [1.82, 2.24) is 19.7 Å². The number of benzene rings is 1. The maximum Gasteiger partial charge on any atom is 0.318 e. The summed E-state index contributed by atoms with van der Waals surface area (Å²) in [5.74, 6) is 0. The first-order chi connectivity index (χ1) is 15.6. The van der Waals surface area contributed by atoms with Gasteiger partial charge in [0.25, 0.3) is 0 Å². The van der Waals surface area contributed by atoms with Crippen LogP contribution in [0.4, 0.5) is 4.79 Å². The van der Waals surface area contributed by atoms with Gasteiger partial charge < -0.3 is 14.8 Å². The Kier molecular flexibility index (Phi) is 5.82. The van der Waals surface area contributed by atoms with Gasteiger partial charge in [0.1, 0.15) is 5.00 Å². The molecular weight excluding hydrogens is 416 g/mol. The largest absolute Gasteiger partial charge is 0.338 e. The number of thiophene rings is 1. The van der Waals surface area contributed by atoms with Crippen LogP contribution in [0.25, 0.3) is 5.00 Å². The molecular formula is C26H32N4OS. The molecule has 4 heterocycles. The summed E-state index contributed by atoms with van der Waals surface area (Å²) in [6.07, 6.45) is 4.16. The van der Waals surface area contributed by atoms with Gasteiger partial charge in [0.05, 0.1) is 18.3 Å². The monoisotopic (exact) mass is 448 g/mol. The van der Waals surface area contributed by atoms with Crippen LogP contribution in [0, 0.1) is 6.92 Å². The number of amides is 2. The number of aryl methyl sites for hydroxylation is 1. The molecule has 0 unspecified atom stereocenters. The Morgan fingerprint density at radius 3 is 2.69 bits per heavy atom. The highest BCUT2D eigenvalue weighted by molar-refractivity contribution is 7.15. The van der Waals surface area contributed by atoms with Crippen LogP contribution in [-0.4, -0.2) is 40.0 Å². The van der Waals surface area contributed by atoms with E-state index >= 15 is 0 Å². The predicted octanol–water partition coefficient (Wildman–Crippen LogP) is 5.25.